The molecule has 0 aromatic carbocycles. The minimum atomic E-state index is -2.81. The van der Waals surface area contributed by atoms with Gasteiger partial charge in [-0.3, -0.25) is 0 Å². The molecule has 1 aliphatic heterocycles. The monoisotopic (exact) mass is 323 g/mol. The second kappa shape index (κ2) is 4.76. The Morgan fingerprint density at radius 2 is 2.31 bits per heavy atom. The number of thiophene rings is 1. The van der Waals surface area contributed by atoms with Crippen molar-refractivity contribution in [2.45, 2.75) is 12.5 Å². The first-order chi connectivity index (χ1) is 7.53. The molecule has 2 atom stereocenters. The van der Waals surface area contributed by atoms with E-state index in [1.54, 1.807) is 11.3 Å². The van der Waals surface area contributed by atoms with E-state index in [4.69, 9.17) is 0 Å². The number of rotatable bonds is 3. The van der Waals surface area contributed by atoms with Crippen LogP contribution in [0.3, 0.4) is 0 Å². The Morgan fingerprint density at radius 3 is 2.75 bits per heavy atom. The highest BCUT2D eigenvalue weighted by Gasteiger charge is 2.34. The highest BCUT2D eigenvalue weighted by Crippen LogP contribution is 2.36. The minimum absolute atomic E-state index is 0.137. The summed E-state index contributed by atoms with van der Waals surface area (Å²) in [5.41, 5.74) is 1.18. The zero-order valence-corrected chi connectivity index (χ0v) is 12.2. The first-order valence-corrected chi connectivity index (χ1v) is 8.68. The van der Waals surface area contributed by atoms with E-state index in [2.05, 4.69) is 26.6 Å². The van der Waals surface area contributed by atoms with E-state index in [9.17, 15) is 8.42 Å². The average molecular weight is 324 g/mol. The van der Waals surface area contributed by atoms with Gasteiger partial charge in [0.2, 0.25) is 0 Å². The van der Waals surface area contributed by atoms with Gasteiger partial charge in [0.15, 0.2) is 9.84 Å². The largest absolute Gasteiger partial charge is 0.313 e. The summed E-state index contributed by atoms with van der Waals surface area (Å²) in [6, 6.07) is 0.137. The van der Waals surface area contributed by atoms with Crippen LogP contribution in [-0.2, 0) is 9.84 Å². The predicted octanol–water partition coefficient (Wildman–Crippen LogP) is 2.21. The zero-order chi connectivity index (χ0) is 11.8. The second-order valence-corrected chi connectivity index (χ2v) is 7.93. The van der Waals surface area contributed by atoms with Crippen molar-refractivity contribution in [1.29, 1.82) is 0 Å². The molecule has 16 heavy (non-hydrogen) atoms. The Morgan fingerprint density at radius 1 is 1.56 bits per heavy atom. The molecule has 90 valence electrons. The van der Waals surface area contributed by atoms with Gasteiger partial charge in [-0.15, -0.1) is 0 Å². The number of hydrogen-bond acceptors (Lipinski definition) is 4. The van der Waals surface area contributed by atoms with Crippen molar-refractivity contribution in [3.05, 3.63) is 20.8 Å². The van der Waals surface area contributed by atoms with Gasteiger partial charge in [0.25, 0.3) is 0 Å². The van der Waals surface area contributed by atoms with E-state index in [1.807, 2.05) is 12.4 Å². The van der Waals surface area contributed by atoms with Crippen LogP contribution in [0.15, 0.2) is 15.2 Å². The molecule has 1 aromatic rings. The average Bonchev–Trinajstić information content (AvgIpc) is 2.76. The molecule has 0 aliphatic carbocycles. The molecular weight excluding hydrogens is 310 g/mol. The van der Waals surface area contributed by atoms with E-state index < -0.39 is 9.84 Å². The predicted molar refractivity (Wildman–Crippen MR) is 70.6 cm³/mol. The molecule has 3 nitrogen and oxygen atoms in total. The molecule has 1 N–H and O–H groups in total. The normalized spacial score (nSPS) is 25.8. The lowest BCUT2D eigenvalue weighted by Gasteiger charge is -2.21. The summed E-state index contributed by atoms with van der Waals surface area (Å²) in [4.78, 5) is 0. The lowest BCUT2D eigenvalue weighted by molar-refractivity contribution is 0.418. The van der Waals surface area contributed by atoms with Crippen LogP contribution in [0, 0.1) is 5.92 Å². The fourth-order valence-corrected chi connectivity index (χ4v) is 5.67. The number of nitrogens with one attached hydrogen (secondary N) is 1. The first kappa shape index (κ1) is 12.5. The van der Waals surface area contributed by atoms with Crippen LogP contribution >= 0.6 is 27.3 Å². The summed E-state index contributed by atoms with van der Waals surface area (Å²) in [5.74, 6) is 0.833. The molecule has 0 radical (unpaired) electrons. The van der Waals surface area contributed by atoms with Crippen LogP contribution in [0.1, 0.15) is 18.0 Å². The summed E-state index contributed by atoms with van der Waals surface area (Å²) in [7, 11) is -0.918. The maximum Gasteiger partial charge on any atom is 0.150 e. The van der Waals surface area contributed by atoms with Gasteiger partial charge in [-0.25, -0.2) is 8.42 Å². The first-order valence-electron chi connectivity index (χ1n) is 5.13. The van der Waals surface area contributed by atoms with Gasteiger partial charge in [-0.05, 0) is 46.3 Å². The fraction of sp³-hybridized carbons (Fsp3) is 0.600. The summed E-state index contributed by atoms with van der Waals surface area (Å²) in [5, 5.41) is 7.35. The van der Waals surface area contributed by atoms with Gasteiger partial charge in [0.05, 0.1) is 11.5 Å². The quantitative estimate of drug-likeness (QED) is 0.927. The summed E-state index contributed by atoms with van der Waals surface area (Å²) < 4.78 is 24.0. The van der Waals surface area contributed by atoms with Crippen LogP contribution in [0.4, 0.5) is 0 Å². The SMILES string of the molecule is CNC(c1cscc1Br)C1CCS(=O)(=O)C1. The van der Waals surface area contributed by atoms with E-state index >= 15 is 0 Å². The molecule has 0 bridgehead atoms. The smallest absolute Gasteiger partial charge is 0.150 e. The number of hydrogen-bond donors (Lipinski definition) is 1. The molecular formula is C10H14BrNO2S2. The molecule has 2 rings (SSSR count). The van der Waals surface area contributed by atoms with Gasteiger partial charge >= 0.3 is 0 Å². The Labute approximate surface area is 108 Å². The Balaban J connectivity index is 2.22. The van der Waals surface area contributed by atoms with Crippen LogP contribution in [0.5, 0.6) is 0 Å². The molecule has 2 heterocycles. The summed E-state index contributed by atoms with van der Waals surface area (Å²) >= 11 is 5.14. The van der Waals surface area contributed by atoms with Crippen LogP contribution in [-0.4, -0.2) is 27.0 Å². The van der Waals surface area contributed by atoms with E-state index in [-0.39, 0.29) is 12.0 Å². The van der Waals surface area contributed by atoms with Crippen molar-refractivity contribution >= 4 is 37.1 Å². The van der Waals surface area contributed by atoms with Gasteiger partial charge in [0, 0.05) is 15.9 Å². The van der Waals surface area contributed by atoms with Gasteiger partial charge in [-0.2, -0.15) is 11.3 Å². The molecule has 0 saturated carbocycles. The molecule has 1 saturated heterocycles. The minimum Gasteiger partial charge on any atom is -0.313 e. The second-order valence-electron chi connectivity index (χ2n) is 4.10. The van der Waals surface area contributed by atoms with Crippen LogP contribution in [0.25, 0.3) is 0 Å². The summed E-state index contributed by atoms with van der Waals surface area (Å²) in [6.07, 6.45) is 0.760. The van der Waals surface area contributed by atoms with Crippen molar-refractivity contribution < 1.29 is 8.42 Å². The molecule has 0 spiro atoms. The van der Waals surface area contributed by atoms with Crippen molar-refractivity contribution in [1.82, 2.24) is 5.32 Å². The molecule has 6 heteroatoms. The molecule has 2 unspecified atom stereocenters. The standard InChI is InChI=1S/C10H14BrNO2S2/c1-12-10(8-4-15-5-9(8)11)7-2-3-16(13,14)6-7/h4-5,7,10,12H,2-3,6H2,1H3. The number of halogens is 1. The molecule has 1 aliphatic rings. The maximum absolute atomic E-state index is 11.5. The Kier molecular flexibility index (Phi) is 3.73. The fourth-order valence-electron chi connectivity index (χ4n) is 2.25. The lowest BCUT2D eigenvalue weighted by atomic mass is 9.94. The maximum atomic E-state index is 11.5. The van der Waals surface area contributed by atoms with Crippen LogP contribution in [0.2, 0.25) is 0 Å². The van der Waals surface area contributed by atoms with E-state index in [1.165, 1.54) is 5.56 Å². The van der Waals surface area contributed by atoms with Crippen LogP contribution < -0.4 is 5.32 Å². The Bertz CT molecular complexity index is 469. The zero-order valence-electron chi connectivity index (χ0n) is 8.94. The lowest BCUT2D eigenvalue weighted by Crippen LogP contribution is -2.26. The third kappa shape index (κ3) is 2.50. The van der Waals surface area contributed by atoms with Crippen molar-refractivity contribution in [2.24, 2.45) is 5.92 Å². The highest BCUT2D eigenvalue weighted by molar-refractivity contribution is 9.10. The Hall–Kier alpha value is 0.0900. The van der Waals surface area contributed by atoms with Gasteiger partial charge in [0.1, 0.15) is 0 Å². The van der Waals surface area contributed by atoms with Crippen molar-refractivity contribution in [3.8, 4) is 0 Å². The topological polar surface area (TPSA) is 46.2 Å². The van der Waals surface area contributed by atoms with Crippen molar-refractivity contribution in [3.63, 3.8) is 0 Å². The molecule has 1 aromatic heterocycles. The molecule has 0 amide bonds. The molecule has 1 fully saturated rings. The third-order valence-electron chi connectivity index (χ3n) is 3.03. The number of sulfone groups is 1. The van der Waals surface area contributed by atoms with Gasteiger partial charge in [-0.1, -0.05) is 0 Å². The highest BCUT2D eigenvalue weighted by atomic mass is 79.9. The van der Waals surface area contributed by atoms with Gasteiger partial charge < -0.3 is 5.32 Å². The van der Waals surface area contributed by atoms with E-state index in [0.29, 0.717) is 11.5 Å². The van der Waals surface area contributed by atoms with Crippen molar-refractivity contribution in [2.75, 3.05) is 18.6 Å². The summed E-state index contributed by atoms with van der Waals surface area (Å²) in [6.45, 7) is 0. The third-order valence-corrected chi connectivity index (χ3v) is 6.57. The van der Waals surface area contributed by atoms with E-state index in [0.717, 1.165) is 10.9 Å².